The zero-order chi connectivity index (χ0) is 9.42. The van der Waals surface area contributed by atoms with Crippen LogP contribution in [-0.2, 0) is 4.79 Å². The van der Waals surface area contributed by atoms with Gasteiger partial charge in [-0.15, -0.1) is 0 Å². The van der Waals surface area contributed by atoms with E-state index < -0.39 is 0 Å². The normalized spacial score (nSPS) is 31.4. The fraction of sp³-hybridized carbons (Fsp3) is 0.625. The summed E-state index contributed by atoms with van der Waals surface area (Å²) in [5, 5.41) is 0. The molecule has 0 spiro atoms. The Morgan fingerprint density at radius 1 is 1.46 bits per heavy atom. The summed E-state index contributed by atoms with van der Waals surface area (Å²) in [5.41, 5.74) is 0. The highest BCUT2D eigenvalue weighted by Gasteiger charge is 2.38. The molecule has 0 saturated heterocycles. The van der Waals surface area contributed by atoms with Gasteiger partial charge in [-0.2, -0.15) is 0 Å². The van der Waals surface area contributed by atoms with Gasteiger partial charge in [-0.3, -0.25) is 9.79 Å². The number of hydrogen-bond donors (Lipinski definition) is 0. The zero-order valence-corrected chi connectivity index (χ0v) is 7.71. The van der Waals surface area contributed by atoms with Crippen LogP contribution in [0.2, 0.25) is 0 Å². The lowest BCUT2D eigenvalue weighted by Crippen LogP contribution is -2.48. The second-order valence-corrected chi connectivity index (χ2v) is 3.17. The molecule has 2 aliphatic heterocycles. The molecular formula is C8H12N4O. The van der Waals surface area contributed by atoms with Crippen molar-refractivity contribution in [2.75, 3.05) is 13.6 Å². The number of likely N-dealkylation sites (N-methyl/N-ethyl adjacent to an activating group) is 2. The van der Waals surface area contributed by atoms with E-state index in [9.17, 15) is 4.79 Å². The van der Waals surface area contributed by atoms with Gasteiger partial charge >= 0.3 is 0 Å². The van der Waals surface area contributed by atoms with E-state index in [0.717, 1.165) is 6.54 Å². The van der Waals surface area contributed by atoms with Gasteiger partial charge in [0.1, 0.15) is 0 Å². The van der Waals surface area contributed by atoms with Crippen molar-refractivity contribution in [1.82, 2.24) is 9.80 Å². The minimum Gasteiger partial charge on any atom is -0.339 e. The number of amides is 1. The van der Waals surface area contributed by atoms with Crippen molar-refractivity contribution in [3.8, 4) is 0 Å². The summed E-state index contributed by atoms with van der Waals surface area (Å²) in [6.45, 7) is 2.85. The molecule has 0 radical (unpaired) electrons. The topological polar surface area (TPSA) is 48.3 Å². The summed E-state index contributed by atoms with van der Waals surface area (Å²) < 4.78 is 0. The third-order valence-corrected chi connectivity index (χ3v) is 2.36. The molecule has 0 bridgehead atoms. The van der Waals surface area contributed by atoms with E-state index in [1.54, 1.807) is 19.7 Å². The predicted octanol–water partition coefficient (Wildman–Crippen LogP) is -0.455. The van der Waals surface area contributed by atoms with Crippen LogP contribution in [0.5, 0.6) is 0 Å². The average Bonchev–Trinajstić information content (AvgIpc) is 2.55. The SMILES string of the molecule is CCN1C=NC2C(=O)N(C)C=NC21. The Bertz CT molecular complexity index is 286. The van der Waals surface area contributed by atoms with Crippen LogP contribution >= 0.6 is 0 Å². The summed E-state index contributed by atoms with van der Waals surface area (Å²) in [7, 11) is 1.70. The first-order chi connectivity index (χ1) is 6.24. The fourth-order valence-corrected chi connectivity index (χ4v) is 1.55. The Morgan fingerprint density at radius 2 is 2.23 bits per heavy atom. The van der Waals surface area contributed by atoms with Gasteiger partial charge in [-0.05, 0) is 6.92 Å². The fourth-order valence-electron chi connectivity index (χ4n) is 1.55. The van der Waals surface area contributed by atoms with E-state index in [2.05, 4.69) is 9.98 Å². The van der Waals surface area contributed by atoms with Crippen molar-refractivity contribution in [3.05, 3.63) is 0 Å². The quantitative estimate of drug-likeness (QED) is 0.548. The van der Waals surface area contributed by atoms with Gasteiger partial charge in [0.25, 0.3) is 5.91 Å². The van der Waals surface area contributed by atoms with Crippen LogP contribution in [-0.4, -0.2) is 54.2 Å². The van der Waals surface area contributed by atoms with Crippen molar-refractivity contribution >= 4 is 18.6 Å². The monoisotopic (exact) mass is 180 g/mol. The highest BCUT2D eigenvalue weighted by Crippen LogP contribution is 2.19. The van der Waals surface area contributed by atoms with Crippen LogP contribution in [0.3, 0.4) is 0 Å². The third-order valence-electron chi connectivity index (χ3n) is 2.36. The molecule has 2 rings (SSSR count). The van der Waals surface area contributed by atoms with E-state index in [1.165, 1.54) is 4.90 Å². The summed E-state index contributed by atoms with van der Waals surface area (Å²) >= 11 is 0. The number of aliphatic imine (C=N–C) groups is 2. The number of nitrogens with zero attached hydrogens (tertiary/aromatic N) is 4. The second kappa shape index (κ2) is 2.83. The lowest BCUT2D eigenvalue weighted by molar-refractivity contribution is -0.128. The molecule has 13 heavy (non-hydrogen) atoms. The molecule has 5 nitrogen and oxygen atoms in total. The van der Waals surface area contributed by atoms with Crippen molar-refractivity contribution in [2.24, 2.45) is 9.98 Å². The molecule has 70 valence electrons. The standard InChI is InChI=1S/C8H12N4O/c1-3-12-5-9-6-7(12)10-4-11(2)8(6)13/h4-7H,3H2,1-2H3. The maximum Gasteiger partial charge on any atom is 0.256 e. The predicted molar refractivity (Wildman–Crippen MR) is 49.7 cm³/mol. The first kappa shape index (κ1) is 8.22. The number of hydrogen-bond acceptors (Lipinski definition) is 4. The number of rotatable bonds is 1. The molecule has 1 amide bonds. The molecule has 2 heterocycles. The first-order valence-corrected chi connectivity index (χ1v) is 4.33. The minimum absolute atomic E-state index is 0.0206. The summed E-state index contributed by atoms with van der Waals surface area (Å²) in [6, 6.07) is -0.324. The van der Waals surface area contributed by atoms with Crippen LogP contribution in [0.15, 0.2) is 9.98 Å². The van der Waals surface area contributed by atoms with Crippen LogP contribution in [0, 0.1) is 0 Å². The number of fused-ring (bicyclic) bond motifs is 1. The average molecular weight is 180 g/mol. The van der Waals surface area contributed by atoms with Crippen molar-refractivity contribution < 1.29 is 4.79 Å². The summed E-state index contributed by atoms with van der Waals surface area (Å²) in [5.74, 6) is 0.0206. The summed E-state index contributed by atoms with van der Waals surface area (Å²) in [4.78, 5) is 23.4. The molecule has 0 aromatic rings. The molecule has 0 saturated carbocycles. The van der Waals surface area contributed by atoms with Crippen molar-refractivity contribution in [3.63, 3.8) is 0 Å². The Balaban J connectivity index is 2.25. The van der Waals surface area contributed by atoms with Gasteiger partial charge in [0, 0.05) is 13.6 Å². The van der Waals surface area contributed by atoms with Crippen molar-refractivity contribution in [1.29, 1.82) is 0 Å². The number of carbonyl (C=O) groups excluding carboxylic acids is 1. The Hall–Kier alpha value is -1.39. The highest BCUT2D eigenvalue weighted by molar-refractivity contribution is 5.95. The van der Waals surface area contributed by atoms with E-state index in [4.69, 9.17) is 0 Å². The highest BCUT2D eigenvalue weighted by atomic mass is 16.2. The van der Waals surface area contributed by atoms with Gasteiger partial charge in [-0.25, -0.2) is 4.99 Å². The first-order valence-electron chi connectivity index (χ1n) is 4.33. The lowest BCUT2D eigenvalue weighted by atomic mass is 10.2. The van der Waals surface area contributed by atoms with Gasteiger partial charge < -0.3 is 9.80 Å². The molecule has 0 aromatic carbocycles. The van der Waals surface area contributed by atoms with E-state index in [0.29, 0.717) is 0 Å². The van der Waals surface area contributed by atoms with E-state index in [-0.39, 0.29) is 18.1 Å². The van der Waals surface area contributed by atoms with Gasteiger partial charge in [-0.1, -0.05) is 0 Å². The smallest absolute Gasteiger partial charge is 0.256 e. The molecule has 2 atom stereocenters. The molecule has 0 aromatic heterocycles. The second-order valence-electron chi connectivity index (χ2n) is 3.17. The number of carbonyl (C=O) groups is 1. The maximum absolute atomic E-state index is 11.6. The molecule has 0 aliphatic carbocycles. The molecule has 5 heteroatoms. The third kappa shape index (κ3) is 1.11. The van der Waals surface area contributed by atoms with Crippen LogP contribution in [0.4, 0.5) is 0 Å². The van der Waals surface area contributed by atoms with Crippen LogP contribution in [0.1, 0.15) is 6.92 Å². The maximum atomic E-state index is 11.6. The molecular weight excluding hydrogens is 168 g/mol. The van der Waals surface area contributed by atoms with E-state index >= 15 is 0 Å². The minimum atomic E-state index is -0.324. The van der Waals surface area contributed by atoms with Crippen LogP contribution < -0.4 is 0 Å². The van der Waals surface area contributed by atoms with E-state index in [1.807, 2.05) is 11.8 Å². The Kier molecular flexibility index (Phi) is 1.79. The molecule has 0 N–H and O–H groups in total. The summed E-state index contributed by atoms with van der Waals surface area (Å²) in [6.07, 6.45) is 3.18. The molecule has 0 fully saturated rings. The van der Waals surface area contributed by atoms with Gasteiger partial charge in [0.05, 0.1) is 12.7 Å². The molecule has 2 unspecified atom stereocenters. The van der Waals surface area contributed by atoms with Crippen LogP contribution in [0.25, 0.3) is 0 Å². The van der Waals surface area contributed by atoms with Gasteiger partial charge in [0.15, 0.2) is 12.2 Å². The Morgan fingerprint density at radius 3 is 2.92 bits per heavy atom. The molecule has 2 aliphatic rings. The van der Waals surface area contributed by atoms with Gasteiger partial charge in [0.2, 0.25) is 0 Å². The van der Waals surface area contributed by atoms with Crippen molar-refractivity contribution in [2.45, 2.75) is 19.1 Å². The lowest BCUT2D eigenvalue weighted by Gasteiger charge is -2.28. The largest absolute Gasteiger partial charge is 0.339 e. The Labute approximate surface area is 76.8 Å². The zero-order valence-electron chi connectivity index (χ0n) is 7.71.